The van der Waals surface area contributed by atoms with Crippen LogP contribution in [0.2, 0.25) is 0 Å². The maximum atomic E-state index is 12.3. The Balaban J connectivity index is 1.47. The molecular formula is C16H14F3N5O7S2. The van der Waals surface area contributed by atoms with Crippen molar-refractivity contribution in [3.8, 4) is 0 Å². The molecule has 0 spiro atoms. The molecule has 3 amide bonds. The fraction of sp³-hybridized carbons (Fsp3) is 0.375. The number of carboxylic acid groups (broad SMARTS) is 1. The van der Waals surface area contributed by atoms with Gasteiger partial charge in [-0.1, -0.05) is 5.16 Å². The Hall–Kier alpha value is -3.34. The topological polar surface area (TPSA) is 160 Å². The van der Waals surface area contributed by atoms with E-state index in [1.54, 1.807) is 5.32 Å². The number of carbonyl (C=O) groups excluding carboxylic acids is 3. The van der Waals surface area contributed by atoms with E-state index >= 15 is 0 Å². The van der Waals surface area contributed by atoms with Crippen molar-refractivity contribution in [2.75, 3.05) is 18.2 Å². The Labute approximate surface area is 190 Å². The second-order valence-corrected chi connectivity index (χ2v) is 8.24. The molecule has 3 N–H and O–H groups in total. The van der Waals surface area contributed by atoms with Crippen LogP contribution in [0.15, 0.2) is 22.0 Å². The fourth-order valence-electron chi connectivity index (χ4n) is 2.72. The number of hydrogen-bond donors (Lipinski definition) is 3. The van der Waals surface area contributed by atoms with Crippen molar-refractivity contribution in [1.29, 1.82) is 0 Å². The van der Waals surface area contributed by atoms with Gasteiger partial charge in [0.15, 0.2) is 17.4 Å². The fourth-order valence-corrected chi connectivity index (χ4v) is 4.73. The van der Waals surface area contributed by atoms with Crippen LogP contribution in [0.3, 0.4) is 0 Å². The summed E-state index contributed by atoms with van der Waals surface area (Å²) in [4.78, 5) is 56.2. The van der Waals surface area contributed by atoms with Gasteiger partial charge >= 0.3 is 18.1 Å². The molecule has 1 aromatic rings. The van der Waals surface area contributed by atoms with Crippen LogP contribution in [0.25, 0.3) is 0 Å². The van der Waals surface area contributed by atoms with E-state index in [4.69, 9.17) is 9.57 Å². The molecule has 33 heavy (non-hydrogen) atoms. The van der Waals surface area contributed by atoms with Crippen LogP contribution in [-0.2, 0) is 35.4 Å². The smallest absolute Gasteiger partial charge is 0.471 e. The van der Waals surface area contributed by atoms with E-state index in [1.807, 2.05) is 0 Å². The minimum Gasteiger partial charge on any atom is -0.498 e. The summed E-state index contributed by atoms with van der Waals surface area (Å²) in [6, 6.07) is -0.972. The Morgan fingerprint density at radius 2 is 2.15 bits per heavy atom. The molecule has 0 aliphatic carbocycles. The molecule has 0 saturated carbocycles. The van der Waals surface area contributed by atoms with Gasteiger partial charge in [0.25, 0.3) is 11.8 Å². The van der Waals surface area contributed by atoms with Gasteiger partial charge in [-0.05, 0) is 0 Å². The lowest BCUT2D eigenvalue weighted by atomic mass is 10.0. The maximum Gasteiger partial charge on any atom is 0.471 e. The molecule has 1 unspecified atom stereocenters. The van der Waals surface area contributed by atoms with Crippen molar-refractivity contribution in [3.63, 3.8) is 0 Å². The molecule has 1 aromatic heterocycles. The number of halogens is 3. The highest BCUT2D eigenvalue weighted by atomic mass is 32.2. The SMILES string of the molecule is COC1=C(C(=O)O)N2C(=O)C(NC(=O)C=NOCc3csc(NC(=O)C(F)(F)F)n3)[C@@H]2SC1. The largest absolute Gasteiger partial charge is 0.498 e. The van der Waals surface area contributed by atoms with E-state index in [2.05, 4.69) is 15.5 Å². The number of hydrogen-bond acceptors (Lipinski definition) is 10. The van der Waals surface area contributed by atoms with Gasteiger partial charge in [-0.25, -0.2) is 9.78 Å². The van der Waals surface area contributed by atoms with E-state index in [9.17, 15) is 37.5 Å². The van der Waals surface area contributed by atoms with Crippen LogP contribution in [0, 0.1) is 0 Å². The third-order valence-electron chi connectivity index (χ3n) is 4.17. The second kappa shape index (κ2) is 9.65. The number of nitrogens with one attached hydrogen (secondary N) is 2. The van der Waals surface area contributed by atoms with E-state index in [0.29, 0.717) is 0 Å². The maximum absolute atomic E-state index is 12.3. The van der Waals surface area contributed by atoms with Crippen LogP contribution in [0.1, 0.15) is 5.69 Å². The molecule has 178 valence electrons. The molecule has 3 rings (SSSR count). The van der Waals surface area contributed by atoms with Crippen LogP contribution in [0.4, 0.5) is 18.3 Å². The first-order valence-corrected chi connectivity index (χ1v) is 10.7. The Bertz CT molecular complexity index is 1040. The van der Waals surface area contributed by atoms with Crippen molar-refractivity contribution >= 4 is 58.1 Å². The molecular weight excluding hydrogens is 495 g/mol. The number of thiazole rings is 1. The number of oxime groups is 1. The first-order chi connectivity index (χ1) is 15.5. The minimum absolute atomic E-state index is 0.139. The number of β-lactam (4-membered cyclic amide) rings is 1. The summed E-state index contributed by atoms with van der Waals surface area (Å²) in [7, 11) is 1.30. The number of alkyl halides is 3. The van der Waals surface area contributed by atoms with Gasteiger partial charge < -0.3 is 20.0 Å². The Kier molecular flexibility index (Phi) is 7.11. The molecule has 0 bridgehead atoms. The third kappa shape index (κ3) is 5.36. The summed E-state index contributed by atoms with van der Waals surface area (Å²) >= 11 is 1.95. The normalized spacial score (nSPS) is 20.2. The number of anilines is 1. The van der Waals surface area contributed by atoms with E-state index < -0.39 is 41.3 Å². The molecule has 12 nitrogen and oxygen atoms in total. The lowest BCUT2D eigenvalue weighted by Gasteiger charge is -2.48. The lowest BCUT2D eigenvalue weighted by molar-refractivity contribution is -0.167. The zero-order valence-electron chi connectivity index (χ0n) is 16.4. The average Bonchev–Trinajstić information content (AvgIpc) is 3.20. The van der Waals surface area contributed by atoms with Crippen molar-refractivity contribution in [2.45, 2.75) is 24.2 Å². The monoisotopic (exact) mass is 509 g/mol. The molecule has 17 heteroatoms. The Morgan fingerprint density at radius 1 is 1.42 bits per heavy atom. The second-order valence-electron chi connectivity index (χ2n) is 6.28. The molecule has 0 radical (unpaired) electrons. The van der Waals surface area contributed by atoms with Crippen LogP contribution in [-0.4, -0.2) is 75.4 Å². The number of amides is 3. The van der Waals surface area contributed by atoms with E-state index in [-0.39, 0.29) is 34.6 Å². The molecule has 2 aliphatic heterocycles. The number of rotatable bonds is 8. The minimum atomic E-state index is -5.05. The number of methoxy groups -OCH3 is 1. The molecule has 0 aromatic carbocycles. The molecule has 3 heterocycles. The number of carbonyl (C=O) groups is 4. The van der Waals surface area contributed by atoms with E-state index in [0.717, 1.165) is 22.5 Å². The number of carboxylic acids is 1. The number of aromatic nitrogens is 1. The van der Waals surface area contributed by atoms with Gasteiger partial charge in [-0.3, -0.25) is 24.6 Å². The standard InChI is InChI=1S/C16H14F3N5O7S2/c1-30-7-5-32-12-9(11(26)24(12)10(7)13(27)28)22-8(25)2-20-31-3-6-4-33-15(21-6)23-14(29)16(17,18)19/h2,4,9,12H,3,5H2,1H3,(H,22,25)(H,27,28)(H,21,23,29)/t9?,12-/m0/s1. The van der Waals surface area contributed by atoms with Gasteiger partial charge in [-0.15, -0.1) is 23.1 Å². The summed E-state index contributed by atoms with van der Waals surface area (Å²) in [5, 5.41) is 17.1. The highest BCUT2D eigenvalue weighted by Crippen LogP contribution is 2.40. The number of ether oxygens (including phenoxy) is 1. The molecule has 2 aliphatic rings. The predicted molar refractivity (Wildman–Crippen MR) is 107 cm³/mol. The first-order valence-electron chi connectivity index (χ1n) is 8.76. The van der Waals surface area contributed by atoms with Crippen LogP contribution >= 0.6 is 23.1 Å². The summed E-state index contributed by atoms with van der Waals surface area (Å²) in [5.74, 6) is -4.56. The van der Waals surface area contributed by atoms with Gasteiger partial charge in [0.1, 0.15) is 23.4 Å². The molecule has 2 atom stereocenters. The molecule has 1 fully saturated rings. The summed E-state index contributed by atoms with van der Waals surface area (Å²) in [6.07, 6.45) is -4.32. The predicted octanol–water partition coefficient (Wildman–Crippen LogP) is 0.489. The third-order valence-corrected chi connectivity index (χ3v) is 6.23. The summed E-state index contributed by atoms with van der Waals surface area (Å²) in [6.45, 7) is -0.302. The van der Waals surface area contributed by atoms with Crippen molar-refractivity contribution in [2.24, 2.45) is 5.16 Å². The summed E-state index contributed by atoms with van der Waals surface area (Å²) in [5.41, 5.74) is -0.122. The van der Waals surface area contributed by atoms with Crippen molar-refractivity contribution in [3.05, 3.63) is 22.5 Å². The van der Waals surface area contributed by atoms with Gasteiger partial charge in [0.05, 0.1) is 18.6 Å². The summed E-state index contributed by atoms with van der Waals surface area (Å²) < 4.78 is 41.6. The molecule has 1 saturated heterocycles. The average molecular weight is 509 g/mol. The van der Waals surface area contributed by atoms with Gasteiger partial charge in [-0.2, -0.15) is 13.2 Å². The van der Waals surface area contributed by atoms with Crippen LogP contribution < -0.4 is 10.6 Å². The van der Waals surface area contributed by atoms with Gasteiger partial charge in [0.2, 0.25) is 0 Å². The number of fused-ring (bicyclic) bond motifs is 1. The first kappa shape index (κ1) is 24.3. The highest BCUT2D eigenvalue weighted by molar-refractivity contribution is 8.00. The lowest BCUT2D eigenvalue weighted by Crippen LogP contribution is -2.70. The van der Waals surface area contributed by atoms with Crippen LogP contribution in [0.5, 0.6) is 0 Å². The van der Waals surface area contributed by atoms with Crippen molar-refractivity contribution in [1.82, 2.24) is 15.2 Å². The highest BCUT2D eigenvalue weighted by Gasteiger charge is 2.54. The zero-order chi connectivity index (χ0) is 24.3. The zero-order valence-corrected chi connectivity index (χ0v) is 18.0. The Morgan fingerprint density at radius 3 is 2.79 bits per heavy atom. The number of thioether (sulfide) groups is 1. The number of aliphatic carboxylic acids is 1. The number of nitrogens with zero attached hydrogens (tertiary/aromatic N) is 3. The van der Waals surface area contributed by atoms with Gasteiger partial charge in [0, 0.05) is 5.38 Å². The quantitative estimate of drug-likeness (QED) is 0.257. The van der Waals surface area contributed by atoms with Crippen molar-refractivity contribution < 1.29 is 47.0 Å². The van der Waals surface area contributed by atoms with E-state index in [1.165, 1.54) is 24.3 Å².